The van der Waals surface area contributed by atoms with Crippen molar-refractivity contribution in [2.24, 2.45) is 5.10 Å². The van der Waals surface area contributed by atoms with Crippen molar-refractivity contribution in [2.75, 3.05) is 51.5 Å². The number of carbonyl (C=O) groups excluding carboxylic acids is 2. The van der Waals surface area contributed by atoms with E-state index < -0.39 is 0 Å². The maximum Gasteiger partial charge on any atom is 0.274 e. The van der Waals surface area contributed by atoms with Gasteiger partial charge in [0.25, 0.3) is 5.89 Å². The van der Waals surface area contributed by atoms with Crippen LogP contribution in [-0.4, -0.2) is 84.2 Å². The molecule has 3 aliphatic heterocycles. The first-order valence-electron chi connectivity index (χ1n) is 12.4. The van der Waals surface area contributed by atoms with Gasteiger partial charge in [-0.25, -0.2) is 5.01 Å². The summed E-state index contributed by atoms with van der Waals surface area (Å²) in [6.07, 6.45) is 0.559. The van der Waals surface area contributed by atoms with E-state index in [0.29, 0.717) is 61.2 Å². The minimum atomic E-state index is -0.215. The van der Waals surface area contributed by atoms with Crippen LogP contribution in [0.1, 0.15) is 18.7 Å². The Kier molecular flexibility index (Phi) is 6.28. The molecule has 0 N–H and O–H groups in total. The van der Waals surface area contributed by atoms with E-state index in [1.165, 1.54) is 5.01 Å². The average Bonchev–Trinajstić information content (AvgIpc) is 3.64. The van der Waals surface area contributed by atoms with Crippen molar-refractivity contribution in [3.8, 4) is 28.6 Å². The average molecular weight is 519 g/mol. The number of hydrazone groups is 1. The van der Waals surface area contributed by atoms with Crippen molar-refractivity contribution in [2.45, 2.75) is 12.8 Å². The Bertz CT molecular complexity index is 1400. The second-order valence-electron chi connectivity index (χ2n) is 9.06. The number of rotatable bonds is 6. The van der Waals surface area contributed by atoms with Gasteiger partial charge in [-0.3, -0.25) is 9.59 Å². The van der Waals surface area contributed by atoms with Crippen molar-refractivity contribution in [1.82, 2.24) is 20.0 Å². The standard InChI is InChI=1S/C26H26N6O6/c1-35-19-4-2-3-18(14-19)30-9-11-31(12-10-30)24(34)15-32-23(33)8-6-20(28-32)26-27-25(29-38-26)17-5-7-21-22(13-17)37-16-36-21/h2-5,7,13-14H,6,8-12,15-16H2,1H3. The van der Waals surface area contributed by atoms with E-state index >= 15 is 0 Å². The first-order chi connectivity index (χ1) is 18.6. The molecule has 0 radical (unpaired) electrons. The second-order valence-corrected chi connectivity index (χ2v) is 9.06. The molecule has 0 unspecified atom stereocenters. The molecule has 6 rings (SSSR count). The SMILES string of the molecule is COc1cccc(N2CCN(C(=O)CN3N=C(c4nc(-c5ccc6c(c5)OCO6)no4)CCC3=O)CC2)c1. The van der Waals surface area contributed by atoms with Gasteiger partial charge in [-0.1, -0.05) is 11.2 Å². The first kappa shape index (κ1) is 23.8. The smallest absolute Gasteiger partial charge is 0.274 e. The van der Waals surface area contributed by atoms with E-state index in [1.54, 1.807) is 24.1 Å². The van der Waals surface area contributed by atoms with Crippen LogP contribution in [0.25, 0.3) is 11.4 Å². The summed E-state index contributed by atoms with van der Waals surface area (Å²) >= 11 is 0. The molecule has 0 bridgehead atoms. The molecule has 0 aliphatic carbocycles. The molecule has 1 fully saturated rings. The fourth-order valence-electron chi connectivity index (χ4n) is 4.62. The third-order valence-corrected chi connectivity index (χ3v) is 6.74. The minimum absolute atomic E-state index is 0.134. The largest absolute Gasteiger partial charge is 0.497 e. The lowest BCUT2D eigenvalue weighted by Crippen LogP contribution is -2.51. The van der Waals surface area contributed by atoms with Gasteiger partial charge in [0.05, 0.1) is 7.11 Å². The normalized spacial score (nSPS) is 17.0. The quantitative estimate of drug-likeness (QED) is 0.483. The zero-order chi connectivity index (χ0) is 26.1. The van der Waals surface area contributed by atoms with Gasteiger partial charge in [-0.15, -0.1) is 0 Å². The highest BCUT2D eigenvalue weighted by Crippen LogP contribution is 2.35. The molecule has 1 saturated heterocycles. The van der Waals surface area contributed by atoms with Crippen molar-refractivity contribution < 1.29 is 28.3 Å². The van der Waals surface area contributed by atoms with Gasteiger partial charge in [0.2, 0.25) is 24.4 Å². The zero-order valence-electron chi connectivity index (χ0n) is 20.8. The number of benzene rings is 2. The number of aromatic nitrogens is 2. The molecule has 38 heavy (non-hydrogen) atoms. The van der Waals surface area contributed by atoms with Gasteiger partial charge >= 0.3 is 0 Å². The fraction of sp³-hybridized carbons (Fsp3) is 0.346. The molecule has 2 amide bonds. The minimum Gasteiger partial charge on any atom is -0.497 e. The van der Waals surface area contributed by atoms with Crippen LogP contribution in [0.3, 0.4) is 0 Å². The molecule has 3 aliphatic rings. The number of amides is 2. The molecular formula is C26H26N6O6. The third kappa shape index (κ3) is 4.72. The van der Waals surface area contributed by atoms with Gasteiger partial charge in [0.1, 0.15) is 18.0 Å². The molecule has 0 atom stereocenters. The molecular weight excluding hydrogens is 492 g/mol. The Morgan fingerprint density at radius 3 is 2.71 bits per heavy atom. The number of fused-ring (bicyclic) bond motifs is 1. The van der Waals surface area contributed by atoms with E-state index in [1.807, 2.05) is 30.3 Å². The molecule has 12 nitrogen and oxygen atoms in total. The topological polar surface area (TPSA) is 123 Å². The Hall–Kier alpha value is -4.61. The summed E-state index contributed by atoms with van der Waals surface area (Å²) in [5.41, 5.74) is 2.23. The summed E-state index contributed by atoms with van der Waals surface area (Å²) in [4.78, 5) is 34.0. The van der Waals surface area contributed by atoms with Crippen LogP contribution in [0.15, 0.2) is 52.1 Å². The van der Waals surface area contributed by atoms with E-state index in [4.69, 9.17) is 18.7 Å². The number of piperazine rings is 1. The Labute approximate surface area is 218 Å². The number of hydrogen-bond acceptors (Lipinski definition) is 10. The number of ether oxygens (including phenoxy) is 3. The first-order valence-corrected chi connectivity index (χ1v) is 12.4. The zero-order valence-corrected chi connectivity index (χ0v) is 20.8. The second kappa shape index (κ2) is 10.0. The molecule has 196 valence electrons. The maximum absolute atomic E-state index is 13.0. The Morgan fingerprint density at radius 2 is 1.87 bits per heavy atom. The van der Waals surface area contributed by atoms with Gasteiger partial charge in [0.15, 0.2) is 11.5 Å². The van der Waals surface area contributed by atoms with E-state index in [9.17, 15) is 9.59 Å². The fourth-order valence-corrected chi connectivity index (χ4v) is 4.62. The summed E-state index contributed by atoms with van der Waals surface area (Å²) in [5, 5.41) is 9.66. The number of carbonyl (C=O) groups is 2. The van der Waals surface area contributed by atoms with Crippen molar-refractivity contribution in [3.63, 3.8) is 0 Å². The van der Waals surface area contributed by atoms with Crippen LogP contribution in [-0.2, 0) is 9.59 Å². The van der Waals surface area contributed by atoms with Crippen molar-refractivity contribution in [3.05, 3.63) is 48.4 Å². The molecule has 3 aromatic rings. The number of nitrogens with zero attached hydrogens (tertiary/aromatic N) is 6. The van der Waals surface area contributed by atoms with Gasteiger partial charge in [-0.2, -0.15) is 10.1 Å². The van der Waals surface area contributed by atoms with Gasteiger partial charge in [0, 0.05) is 56.3 Å². The summed E-state index contributed by atoms with van der Waals surface area (Å²) in [5.74, 6) is 2.29. The molecule has 0 saturated carbocycles. The maximum atomic E-state index is 13.0. The van der Waals surface area contributed by atoms with E-state index in [0.717, 1.165) is 11.4 Å². The van der Waals surface area contributed by atoms with E-state index in [2.05, 4.69) is 20.1 Å². The summed E-state index contributed by atoms with van der Waals surface area (Å²) in [6, 6.07) is 13.2. The molecule has 2 aromatic carbocycles. The van der Waals surface area contributed by atoms with Crippen LogP contribution in [0, 0.1) is 0 Å². The highest BCUT2D eigenvalue weighted by Gasteiger charge is 2.29. The monoisotopic (exact) mass is 518 g/mol. The van der Waals surface area contributed by atoms with Crippen molar-refractivity contribution in [1.29, 1.82) is 0 Å². The van der Waals surface area contributed by atoms with Gasteiger partial charge in [-0.05, 0) is 30.3 Å². The highest BCUT2D eigenvalue weighted by atomic mass is 16.7. The molecule has 1 aromatic heterocycles. The van der Waals surface area contributed by atoms with Crippen LogP contribution in [0.5, 0.6) is 17.2 Å². The van der Waals surface area contributed by atoms with Crippen LogP contribution < -0.4 is 19.1 Å². The van der Waals surface area contributed by atoms with Crippen LogP contribution in [0.2, 0.25) is 0 Å². The highest BCUT2D eigenvalue weighted by molar-refractivity contribution is 6.01. The van der Waals surface area contributed by atoms with Crippen LogP contribution in [0.4, 0.5) is 5.69 Å². The third-order valence-electron chi connectivity index (χ3n) is 6.74. The van der Waals surface area contributed by atoms with E-state index in [-0.39, 0.29) is 37.5 Å². The number of anilines is 1. The lowest BCUT2D eigenvalue weighted by molar-refractivity contribution is -0.141. The summed E-state index contributed by atoms with van der Waals surface area (Å²) in [7, 11) is 1.64. The number of methoxy groups -OCH3 is 1. The predicted molar refractivity (Wildman–Crippen MR) is 135 cm³/mol. The predicted octanol–water partition coefficient (Wildman–Crippen LogP) is 2.15. The molecule has 0 spiro atoms. The Balaban J connectivity index is 1.10. The lowest BCUT2D eigenvalue weighted by Gasteiger charge is -2.37. The lowest BCUT2D eigenvalue weighted by atomic mass is 10.1. The van der Waals surface area contributed by atoms with Crippen molar-refractivity contribution >= 4 is 23.2 Å². The molecule has 12 heteroatoms. The number of hydrogen-bond donors (Lipinski definition) is 0. The Morgan fingerprint density at radius 1 is 1.03 bits per heavy atom. The summed E-state index contributed by atoms with van der Waals surface area (Å²) < 4.78 is 21.5. The van der Waals surface area contributed by atoms with Crippen LogP contribution >= 0.6 is 0 Å². The molecule has 4 heterocycles. The summed E-state index contributed by atoms with van der Waals surface area (Å²) in [6.45, 7) is 2.52. The van der Waals surface area contributed by atoms with Gasteiger partial charge < -0.3 is 28.5 Å².